The van der Waals surface area contributed by atoms with Crippen molar-refractivity contribution >= 4 is 11.4 Å². The molecule has 4 aliphatic rings. The van der Waals surface area contributed by atoms with Crippen molar-refractivity contribution in [3.05, 3.63) is 102 Å². The number of carbonyl (C=O) groups excluding carboxylic acids is 1. The summed E-state index contributed by atoms with van der Waals surface area (Å²) in [5, 5.41) is 0. The van der Waals surface area contributed by atoms with E-state index in [4.69, 9.17) is 6.58 Å². The molecule has 1 nitrogen and oxygen atoms in total. The van der Waals surface area contributed by atoms with Gasteiger partial charge in [-0.25, -0.2) is 0 Å². The zero-order valence-corrected chi connectivity index (χ0v) is 22.7. The van der Waals surface area contributed by atoms with Crippen molar-refractivity contribution in [3.8, 4) is 0 Å². The maximum absolute atomic E-state index is 12.2. The lowest BCUT2D eigenvalue weighted by atomic mass is 9.46. The zero-order chi connectivity index (χ0) is 25.6. The lowest BCUT2D eigenvalue weighted by molar-refractivity contribution is -0.117. The van der Waals surface area contributed by atoms with Gasteiger partial charge in [0, 0.05) is 6.42 Å². The number of rotatable bonds is 5. The number of hydrogen-bond donors (Lipinski definition) is 0. The molecule has 6 atom stereocenters. The van der Waals surface area contributed by atoms with Gasteiger partial charge in [0.15, 0.2) is 5.78 Å². The van der Waals surface area contributed by atoms with Gasteiger partial charge in [-0.15, -0.1) is 0 Å². The van der Waals surface area contributed by atoms with Gasteiger partial charge in [-0.2, -0.15) is 0 Å². The Kier molecular flexibility index (Phi) is 6.38. The average molecular weight is 491 g/mol. The molecule has 6 rings (SSSR count). The third kappa shape index (κ3) is 4.19. The number of allylic oxidation sites excluding steroid dienone is 3. The fraction of sp³-hybridized carbons (Fsp3) is 0.472. The van der Waals surface area contributed by atoms with Gasteiger partial charge in [0.25, 0.3) is 0 Å². The highest BCUT2D eigenvalue weighted by Crippen LogP contribution is 2.67. The largest absolute Gasteiger partial charge is 0.295 e. The zero-order valence-electron chi connectivity index (χ0n) is 22.7. The molecule has 0 aromatic heterocycles. The molecule has 0 amide bonds. The van der Waals surface area contributed by atoms with Crippen molar-refractivity contribution in [2.75, 3.05) is 0 Å². The molecule has 1 heteroatoms. The van der Waals surface area contributed by atoms with E-state index in [-0.39, 0.29) is 5.41 Å². The van der Waals surface area contributed by atoms with Crippen LogP contribution in [0.2, 0.25) is 0 Å². The molecule has 0 radical (unpaired) electrons. The molecule has 3 saturated carbocycles. The molecule has 0 saturated heterocycles. The van der Waals surface area contributed by atoms with Crippen LogP contribution < -0.4 is 0 Å². The van der Waals surface area contributed by atoms with Gasteiger partial charge in [-0.05, 0) is 109 Å². The van der Waals surface area contributed by atoms with Gasteiger partial charge in [-0.1, -0.05) is 98.3 Å². The summed E-state index contributed by atoms with van der Waals surface area (Å²) >= 11 is 0. The standard InChI is InChI=1S/C36H42O/c1-25(14-16-30(26-10-6-4-7-11-26)27-12-8-5-9-13-27)32-18-19-33-31-17-15-28-24-29(37)20-22-35(28,2)34(31)21-23-36(32,33)3/h4-13,16,24,31-34H,1,14-15,17-23H2,2-3H3/t31-,32+,33-,34-,35-,36+/m0/s1. The first-order valence-corrected chi connectivity index (χ1v) is 14.6. The Labute approximate surface area is 223 Å². The number of hydrogen-bond acceptors (Lipinski definition) is 1. The molecule has 2 aromatic rings. The maximum Gasteiger partial charge on any atom is 0.155 e. The molecule has 192 valence electrons. The molecule has 2 aromatic carbocycles. The number of benzene rings is 2. The lowest BCUT2D eigenvalue weighted by Crippen LogP contribution is -2.50. The fourth-order valence-electron chi connectivity index (χ4n) is 9.24. The summed E-state index contributed by atoms with van der Waals surface area (Å²) in [5.74, 6) is 3.35. The molecular formula is C36H42O. The molecule has 0 spiro atoms. The smallest absolute Gasteiger partial charge is 0.155 e. The first-order valence-electron chi connectivity index (χ1n) is 14.6. The molecule has 0 unspecified atom stereocenters. The molecule has 0 heterocycles. The first kappa shape index (κ1) is 24.7. The highest BCUT2D eigenvalue weighted by molar-refractivity contribution is 5.91. The topological polar surface area (TPSA) is 17.1 Å². The normalized spacial score (nSPS) is 34.5. The molecule has 0 N–H and O–H groups in total. The third-order valence-corrected chi connectivity index (χ3v) is 11.2. The Morgan fingerprint density at radius 1 is 0.865 bits per heavy atom. The third-order valence-electron chi connectivity index (χ3n) is 11.2. The number of carbonyl (C=O) groups is 1. The van der Waals surface area contributed by atoms with E-state index < -0.39 is 0 Å². The van der Waals surface area contributed by atoms with Gasteiger partial charge in [-0.3, -0.25) is 4.79 Å². The molecule has 37 heavy (non-hydrogen) atoms. The van der Waals surface area contributed by atoms with Crippen LogP contribution in [0.1, 0.15) is 82.8 Å². The minimum atomic E-state index is 0.260. The summed E-state index contributed by atoms with van der Waals surface area (Å²) in [5.41, 5.74) is 7.41. The molecular weight excluding hydrogens is 448 g/mol. The minimum absolute atomic E-state index is 0.260. The van der Waals surface area contributed by atoms with E-state index in [1.54, 1.807) is 0 Å². The van der Waals surface area contributed by atoms with E-state index in [9.17, 15) is 4.79 Å². The second kappa shape index (κ2) is 9.57. The highest BCUT2D eigenvalue weighted by atomic mass is 16.1. The van der Waals surface area contributed by atoms with Crippen LogP contribution >= 0.6 is 0 Å². The van der Waals surface area contributed by atoms with Crippen LogP contribution in [-0.2, 0) is 4.79 Å². The van der Waals surface area contributed by atoms with E-state index in [1.807, 2.05) is 6.08 Å². The Morgan fingerprint density at radius 2 is 1.54 bits per heavy atom. The van der Waals surface area contributed by atoms with E-state index in [2.05, 4.69) is 80.6 Å². The van der Waals surface area contributed by atoms with Crippen LogP contribution in [-0.4, -0.2) is 5.78 Å². The van der Waals surface area contributed by atoms with Crippen molar-refractivity contribution in [3.63, 3.8) is 0 Å². The van der Waals surface area contributed by atoms with Crippen LogP contribution in [0.25, 0.3) is 5.57 Å². The summed E-state index contributed by atoms with van der Waals surface area (Å²) in [6, 6.07) is 21.6. The van der Waals surface area contributed by atoms with Crippen molar-refractivity contribution in [1.82, 2.24) is 0 Å². The Bertz CT molecular complexity index is 1190. The van der Waals surface area contributed by atoms with Crippen LogP contribution in [0.3, 0.4) is 0 Å². The lowest BCUT2D eigenvalue weighted by Gasteiger charge is -2.58. The fourth-order valence-corrected chi connectivity index (χ4v) is 9.24. The Hall–Kier alpha value is -2.67. The number of fused-ring (bicyclic) bond motifs is 5. The quantitative estimate of drug-likeness (QED) is 0.382. The summed E-state index contributed by atoms with van der Waals surface area (Å²) < 4.78 is 0. The second-order valence-electron chi connectivity index (χ2n) is 12.9. The van der Waals surface area contributed by atoms with Crippen molar-refractivity contribution in [2.45, 2.75) is 71.6 Å². The SMILES string of the molecule is C=C(CC=C(c1ccccc1)c1ccccc1)[C@H]1CC[C@H]2[C@@H]3CCC4=CC(=O)CC[C@]4(C)[C@H]3CC[C@]12C. The van der Waals surface area contributed by atoms with E-state index in [0.29, 0.717) is 17.1 Å². The predicted octanol–water partition coefficient (Wildman–Crippen LogP) is 9.21. The molecule has 0 bridgehead atoms. The van der Waals surface area contributed by atoms with Gasteiger partial charge in [0.05, 0.1) is 0 Å². The monoisotopic (exact) mass is 490 g/mol. The first-order chi connectivity index (χ1) is 17.9. The molecule has 4 aliphatic carbocycles. The number of ketones is 1. The summed E-state index contributed by atoms with van der Waals surface area (Å²) in [6.07, 6.45) is 15.0. The van der Waals surface area contributed by atoms with Gasteiger partial charge in [0.1, 0.15) is 0 Å². The maximum atomic E-state index is 12.2. The summed E-state index contributed by atoms with van der Waals surface area (Å²) in [7, 11) is 0. The van der Waals surface area contributed by atoms with Gasteiger partial charge < -0.3 is 0 Å². The second-order valence-corrected chi connectivity index (χ2v) is 12.9. The Balaban J connectivity index is 1.23. The highest BCUT2D eigenvalue weighted by Gasteiger charge is 2.59. The van der Waals surface area contributed by atoms with Gasteiger partial charge >= 0.3 is 0 Å². The van der Waals surface area contributed by atoms with Gasteiger partial charge in [0.2, 0.25) is 0 Å². The van der Waals surface area contributed by atoms with Crippen molar-refractivity contribution in [2.24, 2.45) is 34.5 Å². The van der Waals surface area contributed by atoms with E-state index in [0.717, 1.165) is 43.4 Å². The minimum Gasteiger partial charge on any atom is -0.295 e. The van der Waals surface area contributed by atoms with Crippen LogP contribution in [0, 0.1) is 34.5 Å². The molecule has 3 fully saturated rings. The summed E-state index contributed by atoms with van der Waals surface area (Å²) in [6.45, 7) is 9.83. The van der Waals surface area contributed by atoms with Crippen molar-refractivity contribution < 1.29 is 4.79 Å². The molecule has 0 aliphatic heterocycles. The van der Waals surface area contributed by atoms with E-state index >= 15 is 0 Å². The van der Waals surface area contributed by atoms with E-state index in [1.165, 1.54) is 60.0 Å². The van der Waals surface area contributed by atoms with Crippen LogP contribution in [0.5, 0.6) is 0 Å². The van der Waals surface area contributed by atoms with Crippen molar-refractivity contribution in [1.29, 1.82) is 0 Å². The van der Waals surface area contributed by atoms with Crippen LogP contribution in [0.4, 0.5) is 0 Å². The Morgan fingerprint density at radius 3 is 2.22 bits per heavy atom. The summed E-state index contributed by atoms with van der Waals surface area (Å²) in [4.78, 5) is 12.2. The average Bonchev–Trinajstić information content (AvgIpc) is 3.28. The van der Waals surface area contributed by atoms with Crippen LogP contribution in [0.15, 0.2) is 90.5 Å². The predicted molar refractivity (Wildman–Crippen MR) is 154 cm³/mol.